The Kier molecular flexibility index (Phi) is 4.70. The van der Waals surface area contributed by atoms with Crippen LogP contribution in [0.5, 0.6) is 0 Å². The van der Waals surface area contributed by atoms with Crippen LogP contribution in [-0.2, 0) is 4.74 Å². The average Bonchev–Trinajstić information content (AvgIpc) is 2.84. The number of carbonyl (C=O) groups is 1. The highest BCUT2D eigenvalue weighted by atomic mass is 19.1. The van der Waals surface area contributed by atoms with Gasteiger partial charge in [-0.05, 0) is 57.9 Å². The Morgan fingerprint density at radius 1 is 1.38 bits per heavy atom. The second-order valence-corrected chi connectivity index (χ2v) is 6.36. The summed E-state index contributed by atoms with van der Waals surface area (Å²) in [5.41, 5.74) is 0.377. The van der Waals surface area contributed by atoms with Gasteiger partial charge in [-0.3, -0.25) is 0 Å². The molecule has 0 bridgehead atoms. The number of halogens is 1. The van der Waals surface area contributed by atoms with Crippen LogP contribution in [0.25, 0.3) is 0 Å². The third-order valence-electron chi connectivity index (χ3n) is 3.39. The van der Waals surface area contributed by atoms with Gasteiger partial charge < -0.3 is 15.0 Å². The van der Waals surface area contributed by atoms with Crippen molar-refractivity contribution in [2.45, 2.75) is 45.3 Å². The molecule has 0 aliphatic carbocycles. The zero-order chi connectivity index (χ0) is 15.5. The minimum atomic E-state index is -0.478. The number of anilines is 1. The van der Waals surface area contributed by atoms with E-state index in [-0.39, 0.29) is 18.0 Å². The van der Waals surface area contributed by atoms with E-state index in [2.05, 4.69) is 5.32 Å². The highest BCUT2D eigenvalue weighted by molar-refractivity contribution is 5.69. The number of hydrogen-bond acceptors (Lipinski definition) is 3. The highest BCUT2D eigenvalue weighted by Gasteiger charge is 2.31. The fraction of sp³-hybridized carbons (Fsp3) is 0.562. The van der Waals surface area contributed by atoms with Gasteiger partial charge in [0, 0.05) is 18.8 Å². The molecule has 5 heteroatoms. The largest absolute Gasteiger partial charge is 0.444 e. The van der Waals surface area contributed by atoms with E-state index in [4.69, 9.17) is 4.74 Å². The Labute approximate surface area is 125 Å². The molecule has 1 saturated heterocycles. The van der Waals surface area contributed by atoms with Crippen molar-refractivity contribution in [3.63, 3.8) is 0 Å². The maximum absolute atomic E-state index is 12.9. The van der Waals surface area contributed by atoms with E-state index in [9.17, 15) is 9.18 Å². The first-order valence-electron chi connectivity index (χ1n) is 7.34. The zero-order valence-electron chi connectivity index (χ0n) is 12.9. The molecule has 1 aromatic carbocycles. The predicted octanol–water partition coefficient (Wildman–Crippen LogP) is 3.64. The average molecular weight is 294 g/mol. The quantitative estimate of drug-likeness (QED) is 0.925. The van der Waals surface area contributed by atoms with E-state index >= 15 is 0 Å². The van der Waals surface area contributed by atoms with Crippen molar-refractivity contribution in [2.75, 3.05) is 18.4 Å². The maximum Gasteiger partial charge on any atom is 0.410 e. The van der Waals surface area contributed by atoms with Crippen LogP contribution in [0.1, 0.15) is 33.6 Å². The van der Waals surface area contributed by atoms with Crippen molar-refractivity contribution in [1.29, 1.82) is 0 Å². The molecule has 0 spiro atoms. The van der Waals surface area contributed by atoms with Crippen LogP contribution in [-0.4, -0.2) is 35.7 Å². The number of rotatable bonds is 3. The van der Waals surface area contributed by atoms with Crippen LogP contribution in [0.3, 0.4) is 0 Å². The molecule has 1 heterocycles. The van der Waals surface area contributed by atoms with Crippen molar-refractivity contribution in [3.8, 4) is 0 Å². The van der Waals surface area contributed by atoms with Gasteiger partial charge in [-0.15, -0.1) is 0 Å². The smallest absolute Gasteiger partial charge is 0.410 e. The van der Waals surface area contributed by atoms with Crippen molar-refractivity contribution >= 4 is 11.8 Å². The molecule has 0 saturated carbocycles. The Morgan fingerprint density at radius 2 is 2.05 bits per heavy atom. The maximum atomic E-state index is 12.9. The summed E-state index contributed by atoms with van der Waals surface area (Å²) in [5, 5.41) is 3.25. The topological polar surface area (TPSA) is 41.6 Å². The molecule has 1 N–H and O–H groups in total. The third-order valence-corrected chi connectivity index (χ3v) is 3.39. The van der Waals surface area contributed by atoms with Crippen LogP contribution < -0.4 is 5.32 Å². The number of ether oxygens (including phenoxy) is 1. The zero-order valence-corrected chi connectivity index (χ0v) is 12.9. The normalized spacial score (nSPS) is 18.7. The third kappa shape index (κ3) is 4.62. The first kappa shape index (κ1) is 15.6. The lowest BCUT2D eigenvalue weighted by atomic mass is 10.2. The van der Waals surface area contributed by atoms with Crippen LogP contribution in [0.15, 0.2) is 24.3 Å². The van der Waals surface area contributed by atoms with Crippen molar-refractivity contribution in [3.05, 3.63) is 30.1 Å². The van der Waals surface area contributed by atoms with E-state index in [1.807, 2.05) is 20.8 Å². The molecule has 2 rings (SSSR count). The first-order valence-corrected chi connectivity index (χ1v) is 7.34. The Hall–Kier alpha value is -1.78. The standard InChI is InChI=1S/C16H23FN2O2/c1-16(2,3)21-15(20)19-10-4-5-14(19)11-18-13-8-6-12(17)7-9-13/h6-9,14,18H,4-5,10-11H2,1-3H3. The second kappa shape index (κ2) is 6.33. The summed E-state index contributed by atoms with van der Waals surface area (Å²) in [6.45, 7) is 6.97. The molecule has 1 fully saturated rings. The molecule has 1 aromatic rings. The van der Waals surface area contributed by atoms with Gasteiger partial charge in [0.1, 0.15) is 11.4 Å². The van der Waals surface area contributed by atoms with E-state index in [1.54, 1.807) is 17.0 Å². The Balaban J connectivity index is 1.90. The van der Waals surface area contributed by atoms with Gasteiger partial charge in [0.05, 0.1) is 6.04 Å². The van der Waals surface area contributed by atoms with E-state index in [1.165, 1.54) is 12.1 Å². The molecular weight excluding hydrogens is 271 g/mol. The number of likely N-dealkylation sites (tertiary alicyclic amines) is 1. The Morgan fingerprint density at radius 3 is 2.67 bits per heavy atom. The van der Waals surface area contributed by atoms with Gasteiger partial charge in [0.2, 0.25) is 0 Å². The molecule has 1 aliphatic rings. The molecule has 0 radical (unpaired) electrons. The summed E-state index contributed by atoms with van der Waals surface area (Å²) in [6.07, 6.45) is 1.67. The van der Waals surface area contributed by atoms with Gasteiger partial charge in [-0.1, -0.05) is 0 Å². The Bertz CT molecular complexity index is 482. The van der Waals surface area contributed by atoms with E-state index in [0.717, 1.165) is 25.1 Å². The molecule has 1 aliphatic heterocycles. The van der Waals surface area contributed by atoms with Crippen LogP contribution in [0, 0.1) is 5.82 Å². The highest BCUT2D eigenvalue weighted by Crippen LogP contribution is 2.21. The summed E-state index contributed by atoms with van der Waals surface area (Å²) >= 11 is 0. The van der Waals surface area contributed by atoms with Crippen molar-refractivity contribution in [1.82, 2.24) is 4.90 Å². The fourth-order valence-corrected chi connectivity index (χ4v) is 2.41. The van der Waals surface area contributed by atoms with E-state index in [0.29, 0.717) is 6.54 Å². The van der Waals surface area contributed by atoms with Crippen LogP contribution in [0.4, 0.5) is 14.9 Å². The summed E-state index contributed by atoms with van der Waals surface area (Å²) in [7, 11) is 0. The summed E-state index contributed by atoms with van der Waals surface area (Å²) in [5.74, 6) is -0.253. The van der Waals surface area contributed by atoms with Crippen LogP contribution >= 0.6 is 0 Å². The first-order chi connectivity index (χ1) is 9.85. The molecule has 0 aromatic heterocycles. The predicted molar refractivity (Wildman–Crippen MR) is 80.9 cm³/mol. The minimum Gasteiger partial charge on any atom is -0.444 e. The van der Waals surface area contributed by atoms with Gasteiger partial charge >= 0.3 is 6.09 Å². The van der Waals surface area contributed by atoms with Crippen molar-refractivity contribution < 1.29 is 13.9 Å². The number of hydrogen-bond donors (Lipinski definition) is 1. The summed E-state index contributed by atoms with van der Waals surface area (Å²) < 4.78 is 18.3. The SMILES string of the molecule is CC(C)(C)OC(=O)N1CCCC1CNc1ccc(F)cc1. The molecule has 1 amide bonds. The van der Waals surface area contributed by atoms with Crippen LogP contribution in [0.2, 0.25) is 0 Å². The molecule has 21 heavy (non-hydrogen) atoms. The van der Waals surface area contributed by atoms with Gasteiger partial charge in [-0.2, -0.15) is 0 Å². The molecule has 4 nitrogen and oxygen atoms in total. The lowest BCUT2D eigenvalue weighted by Gasteiger charge is -2.28. The number of nitrogens with zero attached hydrogens (tertiary/aromatic N) is 1. The minimum absolute atomic E-state index is 0.116. The number of amides is 1. The van der Waals surface area contributed by atoms with Gasteiger partial charge in [0.25, 0.3) is 0 Å². The fourth-order valence-electron chi connectivity index (χ4n) is 2.41. The second-order valence-electron chi connectivity index (χ2n) is 6.36. The molecular formula is C16H23FN2O2. The lowest BCUT2D eigenvalue weighted by Crippen LogP contribution is -2.42. The number of carbonyl (C=O) groups excluding carboxylic acids is 1. The van der Waals surface area contributed by atoms with Crippen molar-refractivity contribution in [2.24, 2.45) is 0 Å². The number of benzene rings is 1. The molecule has 116 valence electrons. The van der Waals surface area contributed by atoms with Gasteiger partial charge in [0.15, 0.2) is 0 Å². The van der Waals surface area contributed by atoms with Gasteiger partial charge in [-0.25, -0.2) is 9.18 Å². The monoisotopic (exact) mass is 294 g/mol. The van der Waals surface area contributed by atoms with E-state index < -0.39 is 5.60 Å². The summed E-state index contributed by atoms with van der Waals surface area (Å²) in [4.78, 5) is 13.9. The lowest BCUT2D eigenvalue weighted by molar-refractivity contribution is 0.0235. The summed E-state index contributed by atoms with van der Waals surface area (Å²) in [6, 6.07) is 6.35. The molecule has 1 atom stereocenters. The molecule has 1 unspecified atom stereocenters. The number of nitrogens with one attached hydrogen (secondary N) is 1.